The average molecular weight is 577 g/mol. The third-order valence-corrected chi connectivity index (χ3v) is 7.51. The Bertz CT molecular complexity index is 1330. The number of sulfonamides is 1. The fraction of sp³-hybridized carbons (Fsp3) is 0.200. The maximum Gasteiger partial charge on any atom is 0.340 e. The Labute approximate surface area is 218 Å². The topological polar surface area (TPSA) is 111 Å². The number of hydrogen-bond acceptors (Lipinski definition) is 7. The zero-order valence-corrected chi connectivity index (χ0v) is 22.3. The van der Waals surface area contributed by atoms with Crippen LogP contribution in [0.3, 0.4) is 0 Å². The third kappa shape index (κ3) is 6.42. The van der Waals surface area contributed by atoms with Gasteiger partial charge in [0.05, 0.1) is 44.0 Å². The number of carbonyl (C=O) groups is 2. The molecule has 0 radical (unpaired) electrons. The lowest BCUT2D eigenvalue weighted by molar-refractivity contribution is -0.116. The number of halogens is 1. The molecule has 0 aliphatic heterocycles. The van der Waals surface area contributed by atoms with Crippen molar-refractivity contribution in [3.8, 4) is 11.5 Å². The number of rotatable bonds is 10. The van der Waals surface area contributed by atoms with Crippen molar-refractivity contribution in [2.24, 2.45) is 0 Å². The van der Waals surface area contributed by atoms with E-state index in [1.807, 2.05) is 6.07 Å². The first kappa shape index (κ1) is 27.2. The molecule has 11 heteroatoms. The molecule has 0 saturated carbocycles. The van der Waals surface area contributed by atoms with Crippen molar-refractivity contribution in [1.29, 1.82) is 0 Å². The summed E-state index contributed by atoms with van der Waals surface area (Å²) in [6.07, 6.45) is 0. The summed E-state index contributed by atoms with van der Waals surface area (Å²) in [6.45, 7) is -0.551. The van der Waals surface area contributed by atoms with Crippen LogP contribution in [0.5, 0.6) is 11.5 Å². The van der Waals surface area contributed by atoms with E-state index in [0.717, 1.165) is 8.78 Å². The highest BCUT2D eigenvalue weighted by Crippen LogP contribution is 2.34. The molecule has 190 valence electrons. The maximum absolute atomic E-state index is 13.5. The average Bonchev–Trinajstić information content (AvgIpc) is 2.88. The van der Waals surface area contributed by atoms with Gasteiger partial charge < -0.3 is 19.5 Å². The van der Waals surface area contributed by atoms with Crippen molar-refractivity contribution < 1.29 is 32.2 Å². The Hall–Kier alpha value is -3.41. The van der Waals surface area contributed by atoms with Crippen LogP contribution >= 0.6 is 15.9 Å². The maximum atomic E-state index is 13.5. The highest BCUT2D eigenvalue weighted by molar-refractivity contribution is 9.10. The molecule has 36 heavy (non-hydrogen) atoms. The molecule has 0 atom stereocenters. The summed E-state index contributed by atoms with van der Waals surface area (Å²) < 4.78 is 44.0. The molecule has 0 spiro atoms. The summed E-state index contributed by atoms with van der Waals surface area (Å²) in [5.74, 6) is -0.845. The number of ether oxygens (including phenoxy) is 3. The van der Waals surface area contributed by atoms with Crippen molar-refractivity contribution in [3.63, 3.8) is 0 Å². The van der Waals surface area contributed by atoms with E-state index in [1.54, 1.807) is 36.4 Å². The van der Waals surface area contributed by atoms with Gasteiger partial charge in [-0.2, -0.15) is 4.31 Å². The molecule has 0 aliphatic carbocycles. The molecule has 1 N–H and O–H groups in total. The molecular formula is C25H25BrN2O7S. The van der Waals surface area contributed by atoms with E-state index < -0.39 is 28.4 Å². The molecule has 3 aromatic carbocycles. The minimum atomic E-state index is -4.04. The first-order valence-corrected chi connectivity index (χ1v) is 12.9. The highest BCUT2D eigenvalue weighted by Gasteiger charge is 2.28. The Kier molecular flexibility index (Phi) is 9.08. The number of benzene rings is 3. The Balaban J connectivity index is 1.95. The number of nitrogens with zero attached hydrogens (tertiary/aromatic N) is 1. The first-order chi connectivity index (χ1) is 17.2. The lowest BCUT2D eigenvalue weighted by atomic mass is 10.1. The first-order valence-electron chi connectivity index (χ1n) is 10.6. The molecule has 0 saturated heterocycles. The number of esters is 1. The number of amides is 1. The van der Waals surface area contributed by atoms with Crippen LogP contribution in [0.15, 0.2) is 76.1 Å². The summed E-state index contributed by atoms with van der Waals surface area (Å²) in [4.78, 5) is 25.5. The summed E-state index contributed by atoms with van der Waals surface area (Å²) in [5.41, 5.74) is 0.812. The number of anilines is 1. The van der Waals surface area contributed by atoms with Gasteiger partial charge in [-0.3, -0.25) is 4.79 Å². The van der Waals surface area contributed by atoms with Crippen molar-refractivity contribution >= 4 is 43.5 Å². The van der Waals surface area contributed by atoms with E-state index in [2.05, 4.69) is 21.2 Å². The van der Waals surface area contributed by atoms with Gasteiger partial charge in [0.15, 0.2) is 11.5 Å². The van der Waals surface area contributed by atoms with Crippen LogP contribution in [-0.4, -0.2) is 52.5 Å². The fourth-order valence-corrected chi connectivity index (χ4v) is 5.03. The van der Waals surface area contributed by atoms with E-state index in [9.17, 15) is 18.0 Å². The molecular weight excluding hydrogens is 552 g/mol. The van der Waals surface area contributed by atoms with E-state index in [4.69, 9.17) is 14.2 Å². The standard InChI is InChI=1S/C25H25BrN2O7S/c1-33-22-13-20(25(30)35-3)21(14-23(22)34-2)27-24(29)16-28(15-17-7-5-4-6-8-17)36(31,32)19-11-9-18(26)10-12-19/h4-14H,15-16H2,1-3H3,(H,27,29). The van der Waals surface area contributed by atoms with Gasteiger partial charge >= 0.3 is 5.97 Å². The number of nitrogens with one attached hydrogen (secondary N) is 1. The van der Waals surface area contributed by atoms with E-state index >= 15 is 0 Å². The molecule has 9 nitrogen and oxygen atoms in total. The molecule has 0 aliphatic rings. The monoisotopic (exact) mass is 576 g/mol. The largest absolute Gasteiger partial charge is 0.493 e. The van der Waals surface area contributed by atoms with Gasteiger partial charge in [-0.05, 0) is 29.8 Å². The van der Waals surface area contributed by atoms with Crippen LogP contribution in [0.2, 0.25) is 0 Å². The summed E-state index contributed by atoms with van der Waals surface area (Å²) in [5, 5.41) is 2.61. The van der Waals surface area contributed by atoms with Crippen LogP contribution in [-0.2, 0) is 26.1 Å². The summed E-state index contributed by atoms with van der Waals surface area (Å²) in [7, 11) is -0.0185. The van der Waals surface area contributed by atoms with Crippen LogP contribution in [0, 0.1) is 0 Å². The SMILES string of the molecule is COC(=O)c1cc(OC)c(OC)cc1NC(=O)CN(Cc1ccccc1)S(=O)(=O)c1ccc(Br)cc1. The highest BCUT2D eigenvalue weighted by atomic mass is 79.9. The smallest absolute Gasteiger partial charge is 0.340 e. The van der Waals surface area contributed by atoms with Gasteiger partial charge in [-0.15, -0.1) is 0 Å². The van der Waals surface area contributed by atoms with E-state index in [-0.39, 0.29) is 34.2 Å². The van der Waals surface area contributed by atoms with Gasteiger partial charge in [0.1, 0.15) is 0 Å². The molecule has 0 aromatic heterocycles. The fourth-order valence-electron chi connectivity index (χ4n) is 3.38. The second-order valence-electron chi connectivity index (χ2n) is 7.51. The third-order valence-electron chi connectivity index (χ3n) is 5.18. The van der Waals surface area contributed by atoms with E-state index in [0.29, 0.717) is 5.56 Å². The number of carbonyl (C=O) groups excluding carboxylic acids is 2. The minimum absolute atomic E-state index is 0.0221. The van der Waals surface area contributed by atoms with Crippen LogP contribution < -0.4 is 14.8 Å². The van der Waals surface area contributed by atoms with Crippen LogP contribution in [0.4, 0.5) is 5.69 Å². The van der Waals surface area contributed by atoms with E-state index in [1.165, 1.54) is 45.6 Å². The quantitative estimate of drug-likeness (QED) is 0.362. The minimum Gasteiger partial charge on any atom is -0.493 e. The molecule has 0 bridgehead atoms. The van der Waals surface area contributed by atoms with Gasteiger partial charge in [0.2, 0.25) is 15.9 Å². The number of hydrogen-bond donors (Lipinski definition) is 1. The molecule has 3 rings (SSSR count). The molecule has 0 unspecified atom stereocenters. The molecule has 0 heterocycles. The van der Waals surface area contributed by atoms with Gasteiger partial charge in [0.25, 0.3) is 0 Å². The summed E-state index contributed by atoms with van der Waals surface area (Å²) >= 11 is 3.30. The Morgan fingerprint density at radius 3 is 2.11 bits per heavy atom. The number of methoxy groups -OCH3 is 3. The van der Waals surface area contributed by atoms with Gasteiger partial charge in [0, 0.05) is 23.2 Å². The van der Waals surface area contributed by atoms with Crippen molar-refractivity contribution in [3.05, 3.63) is 82.3 Å². The Morgan fingerprint density at radius 2 is 1.53 bits per heavy atom. The van der Waals surface area contributed by atoms with Crippen LogP contribution in [0.1, 0.15) is 15.9 Å². The predicted octanol–water partition coefficient (Wildman–Crippen LogP) is 4.08. The predicted molar refractivity (Wildman–Crippen MR) is 138 cm³/mol. The van der Waals surface area contributed by atoms with Gasteiger partial charge in [-0.25, -0.2) is 13.2 Å². The second kappa shape index (κ2) is 12.0. The lowest BCUT2D eigenvalue weighted by Gasteiger charge is -2.22. The Morgan fingerprint density at radius 1 is 0.917 bits per heavy atom. The van der Waals surface area contributed by atoms with Crippen molar-refractivity contribution in [2.45, 2.75) is 11.4 Å². The zero-order valence-electron chi connectivity index (χ0n) is 19.9. The second-order valence-corrected chi connectivity index (χ2v) is 10.4. The van der Waals surface area contributed by atoms with Crippen molar-refractivity contribution in [1.82, 2.24) is 4.31 Å². The molecule has 0 fully saturated rings. The molecule has 3 aromatic rings. The van der Waals surface area contributed by atoms with Crippen molar-refractivity contribution in [2.75, 3.05) is 33.2 Å². The zero-order chi connectivity index (χ0) is 26.3. The van der Waals surface area contributed by atoms with Crippen LogP contribution in [0.25, 0.3) is 0 Å². The normalized spacial score (nSPS) is 11.1. The molecule has 1 amide bonds. The van der Waals surface area contributed by atoms with Gasteiger partial charge in [-0.1, -0.05) is 46.3 Å². The summed E-state index contributed by atoms with van der Waals surface area (Å²) in [6, 6.07) is 17.8. The lowest BCUT2D eigenvalue weighted by Crippen LogP contribution is -2.37.